The molecule has 1 N–H and O–H groups in total. The third-order valence-electron chi connectivity index (χ3n) is 1.74. The summed E-state index contributed by atoms with van der Waals surface area (Å²) < 4.78 is 26.0. The summed E-state index contributed by atoms with van der Waals surface area (Å²) >= 11 is 3.07. The van der Waals surface area contributed by atoms with E-state index >= 15 is 0 Å². The van der Waals surface area contributed by atoms with Crippen molar-refractivity contribution in [2.45, 2.75) is 11.8 Å². The lowest BCUT2D eigenvalue weighted by Crippen LogP contribution is -2.24. The summed E-state index contributed by atoms with van der Waals surface area (Å²) in [6.45, 7) is 1.77. The van der Waals surface area contributed by atoms with Crippen LogP contribution in [-0.4, -0.2) is 19.9 Å². The molecule has 0 saturated carbocycles. The zero-order valence-electron chi connectivity index (χ0n) is 8.31. The Labute approximate surface area is 101 Å². The third kappa shape index (κ3) is 2.77. The van der Waals surface area contributed by atoms with Crippen molar-refractivity contribution in [1.29, 1.82) is 0 Å². The average molecular weight is 309 g/mol. The Hall–Kier alpha value is -0.990. The van der Waals surface area contributed by atoms with E-state index in [-0.39, 0.29) is 11.4 Å². The summed E-state index contributed by atoms with van der Waals surface area (Å²) in [4.78, 5) is 9.62. The molecule has 0 amide bonds. The van der Waals surface area contributed by atoms with Gasteiger partial charge in [0.15, 0.2) is 4.90 Å². The number of rotatable bonds is 4. The summed E-state index contributed by atoms with van der Waals surface area (Å²) in [5, 5.41) is 10.7. The molecule has 0 bridgehead atoms. The molecule has 0 saturated heterocycles. The van der Waals surface area contributed by atoms with Gasteiger partial charge in [-0.1, -0.05) is 22.9 Å². The van der Waals surface area contributed by atoms with Gasteiger partial charge in [0.2, 0.25) is 10.0 Å². The lowest BCUT2D eigenvalue weighted by Gasteiger charge is -2.05. The Balaban J connectivity index is 3.42. The summed E-state index contributed by atoms with van der Waals surface area (Å²) in [6, 6.07) is 3.77. The molecule has 0 atom stereocenters. The van der Waals surface area contributed by atoms with Crippen molar-refractivity contribution < 1.29 is 13.3 Å². The fourth-order valence-electron chi connectivity index (χ4n) is 1.12. The van der Waals surface area contributed by atoms with Crippen LogP contribution in [0.4, 0.5) is 5.69 Å². The van der Waals surface area contributed by atoms with Crippen molar-refractivity contribution in [3.05, 3.63) is 32.8 Å². The standard InChI is InChI=1S/C8H9BrN2O4S/c1-2-10-16(14,15)8-5-6(9)3-4-7(8)11(12)13/h3-5,10H,2H2,1H3. The highest BCUT2D eigenvalue weighted by Crippen LogP contribution is 2.26. The average Bonchev–Trinajstić information content (AvgIpc) is 2.17. The molecule has 1 rings (SSSR count). The van der Waals surface area contributed by atoms with Gasteiger partial charge in [-0.3, -0.25) is 10.1 Å². The molecular formula is C8H9BrN2O4S. The summed E-state index contributed by atoms with van der Waals surface area (Å²) in [5.41, 5.74) is -0.441. The monoisotopic (exact) mass is 308 g/mol. The van der Waals surface area contributed by atoms with Crippen molar-refractivity contribution in [3.8, 4) is 0 Å². The Bertz CT molecular complexity index is 515. The molecule has 6 nitrogen and oxygen atoms in total. The number of nitro benzene ring substituents is 1. The van der Waals surface area contributed by atoms with Crippen LogP contribution in [0.1, 0.15) is 6.92 Å². The van der Waals surface area contributed by atoms with Gasteiger partial charge in [-0.15, -0.1) is 0 Å². The van der Waals surface area contributed by atoms with E-state index in [0.29, 0.717) is 4.47 Å². The maximum Gasteiger partial charge on any atom is 0.289 e. The first-order valence-electron chi connectivity index (χ1n) is 4.32. The normalized spacial score (nSPS) is 11.4. The molecule has 0 spiro atoms. The van der Waals surface area contributed by atoms with E-state index in [9.17, 15) is 18.5 Å². The largest absolute Gasteiger partial charge is 0.289 e. The first-order valence-corrected chi connectivity index (χ1v) is 6.59. The lowest BCUT2D eigenvalue weighted by molar-refractivity contribution is -0.387. The molecule has 88 valence electrons. The van der Waals surface area contributed by atoms with Gasteiger partial charge in [-0.05, 0) is 12.1 Å². The van der Waals surface area contributed by atoms with E-state index in [1.54, 1.807) is 6.92 Å². The molecule has 0 aliphatic rings. The molecule has 0 aliphatic carbocycles. The Morgan fingerprint density at radius 3 is 2.62 bits per heavy atom. The summed E-state index contributed by atoms with van der Waals surface area (Å²) in [5.74, 6) is 0. The zero-order valence-corrected chi connectivity index (χ0v) is 10.7. The SMILES string of the molecule is CCNS(=O)(=O)c1cc(Br)ccc1[N+](=O)[O-]. The maximum absolute atomic E-state index is 11.7. The van der Waals surface area contributed by atoms with Crippen molar-refractivity contribution >= 4 is 31.6 Å². The second-order valence-electron chi connectivity index (χ2n) is 2.87. The van der Waals surface area contributed by atoms with E-state index in [0.717, 1.165) is 6.07 Å². The van der Waals surface area contributed by atoms with Gasteiger partial charge in [-0.2, -0.15) is 0 Å². The molecule has 0 heterocycles. The minimum atomic E-state index is -3.83. The molecule has 0 fully saturated rings. The Morgan fingerprint density at radius 2 is 2.12 bits per heavy atom. The maximum atomic E-state index is 11.7. The van der Waals surface area contributed by atoms with Crippen LogP contribution in [0.15, 0.2) is 27.6 Å². The smallest absolute Gasteiger partial charge is 0.258 e. The highest BCUT2D eigenvalue weighted by Gasteiger charge is 2.25. The van der Waals surface area contributed by atoms with E-state index in [1.165, 1.54) is 12.1 Å². The van der Waals surface area contributed by atoms with E-state index in [4.69, 9.17) is 0 Å². The van der Waals surface area contributed by atoms with Crippen LogP contribution < -0.4 is 4.72 Å². The molecule has 0 radical (unpaired) electrons. The number of halogens is 1. The first-order chi connectivity index (χ1) is 7.38. The summed E-state index contributed by atoms with van der Waals surface area (Å²) in [7, 11) is -3.83. The van der Waals surface area contributed by atoms with Gasteiger partial charge in [-0.25, -0.2) is 13.1 Å². The van der Waals surface area contributed by atoms with Crippen LogP contribution in [0.3, 0.4) is 0 Å². The van der Waals surface area contributed by atoms with Gasteiger partial charge in [0, 0.05) is 17.1 Å². The molecule has 1 aromatic carbocycles. The van der Waals surface area contributed by atoms with E-state index < -0.39 is 20.6 Å². The van der Waals surface area contributed by atoms with Crippen molar-refractivity contribution in [2.24, 2.45) is 0 Å². The number of nitro groups is 1. The Kier molecular flexibility index (Phi) is 4.00. The number of nitrogens with one attached hydrogen (secondary N) is 1. The number of benzene rings is 1. The highest BCUT2D eigenvalue weighted by molar-refractivity contribution is 9.10. The van der Waals surface area contributed by atoms with Gasteiger partial charge < -0.3 is 0 Å². The molecular weight excluding hydrogens is 300 g/mol. The minimum Gasteiger partial charge on any atom is -0.258 e. The number of sulfonamides is 1. The third-order valence-corrected chi connectivity index (χ3v) is 3.81. The van der Waals surface area contributed by atoms with Gasteiger partial charge >= 0.3 is 0 Å². The highest BCUT2D eigenvalue weighted by atomic mass is 79.9. The predicted molar refractivity (Wildman–Crippen MR) is 61.7 cm³/mol. The van der Waals surface area contributed by atoms with Crippen LogP contribution in [0.2, 0.25) is 0 Å². The van der Waals surface area contributed by atoms with E-state index in [2.05, 4.69) is 20.7 Å². The molecule has 1 aromatic rings. The second kappa shape index (κ2) is 4.89. The van der Waals surface area contributed by atoms with Crippen molar-refractivity contribution in [2.75, 3.05) is 6.54 Å². The molecule has 0 unspecified atom stereocenters. The fraction of sp³-hybridized carbons (Fsp3) is 0.250. The minimum absolute atomic E-state index is 0.173. The zero-order chi connectivity index (χ0) is 12.3. The topological polar surface area (TPSA) is 89.3 Å². The van der Waals surface area contributed by atoms with Crippen molar-refractivity contribution in [1.82, 2.24) is 4.72 Å². The molecule has 8 heteroatoms. The molecule has 0 aliphatic heterocycles. The van der Waals surface area contributed by atoms with Crippen LogP contribution >= 0.6 is 15.9 Å². The van der Waals surface area contributed by atoms with Crippen LogP contribution in [0.25, 0.3) is 0 Å². The number of hydrogen-bond donors (Lipinski definition) is 1. The van der Waals surface area contributed by atoms with Crippen LogP contribution in [-0.2, 0) is 10.0 Å². The van der Waals surface area contributed by atoms with Gasteiger partial charge in [0.25, 0.3) is 5.69 Å². The first kappa shape index (κ1) is 13.1. The number of nitrogens with zero attached hydrogens (tertiary/aromatic N) is 1. The van der Waals surface area contributed by atoms with Crippen molar-refractivity contribution in [3.63, 3.8) is 0 Å². The van der Waals surface area contributed by atoms with E-state index in [1.807, 2.05) is 0 Å². The quantitative estimate of drug-likeness (QED) is 0.676. The molecule has 0 aromatic heterocycles. The summed E-state index contributed by atoms with van der Waals surface area (Å²) in [6.07, 6.45) is 0. The second-order valence-corrected chi connectivity index (χ2v) is 5.52. The lowest BCUT2D eigenvalue weighted by atomic mass is 10.3. The molecule has 16 heavy (non-hydrogen) atoms. The van der Waals surface area contributed by atoms with Crippen LogP contribution in [0.5, 0.6) is 0 Å². The van der Waals surface area contributed by atoms with Gasteiger partial charge in [0.05, 0.1) is 4.92 Å². The van der Waals surface area contributed by atoms with Gasteiger partial charge in [0.1, 0.15) is 0 Å². The Morgan fingerprint density at radius 1 is 1.50 bits per heavy atom. The van der Waals surface area contributed by atoms with Crippen LogP contribution in [0, 0.1) is 10.1 Å². The predicted octanol–water partition coefficient (Wildman–Crippen LogP) is 1.66. The number of hydrogen-bond acceptors (Lipinski definition) is 4. The fourth-order valence-corrected chi connectivity index (χ4v) is 2.87.